The van der Waals surface area contributed by atoms with Crippen LogP contribution < -0.4 is 5.32 Å². The molecular weight excluding hydrogens is 372 g/mol. The molecule has 5 rings (SSSR count). The molecule has 4 aromatic heterocycles. The Hall–Kier alpha value is -4.06. The van der Waals surface area contributed by atoms with Crippen molar-refractivity contribution < 1.29 is 0 Å². The van der Waals surface area contributed by atoms with E-state index in [4.69, 9.17) is 10.1 Å². The fourth-order valence-electron chi connectivity index (χ4n) is 3.48. The van der Waals surface area contributed by atoms with E-state index in [1.54, 1.807) is 12.4 Å². The van der Waals surface area contributed by atoms with E-state index in [9.17, 15) is 0 Å². The maximum Gasteiger partial charge on any atom is 0.183 e. The highest BCUT2D eigenvalue weighted by Crippen LogP contribution is 2.31. The number of nitrogens with zero attached hydrogens (tertiary/aromatic N) is 5. The lowest BCUT2D eigenvalue weighted by Gasteiger charge is -2.11. The molecule has 6 heteroatoms. The molecule has 0 saturated carbocycles. The lowest BCUT2D eigenvalue weighted by Crippen LogP contribution is -2.08. The topological polar surface area (TPSA) is 68.0 Å². The molecule has 30 heavy (non-hydrogen) atoms. The third-order valence-electron chi connectivity index (χ3n) is 4.89. The number of pyridine rings is 2. The van der Waals surface area contributed by atoms with Gasteiger partial charge in [0, 0.05) is 35.9 Å². The zero-order chi connectivity index (χ0) is 20.3. The minimum absolute atomic E-state index is 0.568. The van der Waals surface area contributed by atoms with E-state index in [2.05, 4.69) is 33.5 Å². The Balaban J connectivity index is 1.65. The summed E-state index contributed by atoms with van der Waals surface area (Å²) in [6, 6.07) is 20.3. The summed E-state index contributed by atoms with van der Waals surface area (Å²) in [7, 11) is 0. The molecule has 1 aromatic carbocycles. The smallest absolute Gasteiger partial charge is 0.183 e. The van der Waals surface area contributed by atoms with Gasteiger partial charge in [-0.2, -0.15) is 0 Å². The molecule has 5 aromatic rings. The Morgan fingerprint density at radius 1 is 0.933 bits per heavy atom. The van der Waals surface area contributed by atoms with Crippen LogP contribution in [-0.2, 0) is 6.54 Å². The molecule has 6 nitrogen and oxygen atoms in total. The highest BCUT2D eigenvalue weighted by molar-refractivity contribution is 5.89. The van der Waals surface area contributed by atoms with Crippen molar-refractivity contribution in [1.82, 2.24) is 24.6 Å². The second-order valence-electron chi connectivity index (χ2n) is 7.10. The van der Waals surface area contributed by atoms with E-state index in [1.807, 2.05) is 66.3 Å². The molecule has 0 bridgehead atoms. The third kappa shape index (κ3) is 3.51. The van der Waals surface area contributed by atoms with Crippen LogP contribution >= 0.6 is 0 Å². The van der Waals surface area contributed by atoms with E-state index >= 15 is 0 Å². The molecule has 146 valence electrons. The largest absolute Gasteiger partial charge is 0.363 e. The van der Waals surface area contributed by atoms with Crippen LogP contribution in [0.25, 0.3) is 28.0 Å². The molecule has 0 amide bonds. The van der Waals surface area contributed by atoms with Gasteiger partial charge in [-0.1, -0.05) is 36.4 Å². The summed E-state index contributed by atoms with van der Waals surface area (Å²) in [5.74, 6) is 1.38. The average Bonchev–Trinajstić information content (AvgIpc) is 3.23. The van der Waals surface area contributed by atoms with Gasteiger partial charge in [0.2, 0.25) is 0 Å². The van der Waals surface area contributed by atoms with Crippen LogP contribution in [0, 0.1) is 6.92 Å². The second kappa shape index (κ2) is 7.75. The van der Waals surface area contributed by atoms with Gasteiger partial charge in [-0.05, 0) is 42.3 Å². The van der Waals surface area contributed by atoms with Crippen LogP contribution in [0.4, 0.5) is 5.82 Å². The summed E-state index contributed by atoms with van der Waals surface area (Å²) in [5.41, 5.74) is 6.02. The van der Waals surface area contributed by atoms with Crippen LogP contribution in [-0.4, -0.2) is 24.6 Å². The Morgan fingerprint density at radius 2 is 1.80 bits per heavy atom. The molecule has 0 aliphatic heterocycles. The quantitative estimate of drug-likeness (QED) is 0.466. The minimum Gasteiger partial charge on any atom is -0.363 e. The van der Waals surface area contributed by atoms with Gasteiger partial charge in [0.05, 0.1) is 12.2 Å². The predicted octanol–water partition coefficient (Wildman–Crippen LogP) is 4.77. The van der Waals surface area contributed by atoms with Gasteiger partial charge in [-0.3, -0.25) is 9.97 Å². The number of hydrogen-bond acceptors (Lipinski definition) is 5. The normalized spacial score (nSPS) is 11.0. The van der Waals surface area contributed by atoms with Crippen molar-refractivity contribution in [2.75, 3.05) is 5.32 Å². The van der Waals surface area contributed by atoms with E-state index < -0.39 is 0 Å². The van der Waals surface area contributed by atoms with Crippen molar-refractivity contribution in [2.24, 2.45) is 0 Å². The predicted molar refractivity (Wildman–Crippen MR) is 118 cm³/mol. The molecule has 0 radical (unpaired) electrons. The summed E-state index contributed by atoms with van der Waals surface area (Å²) in [5, 5.41) is 8.23. The molecule has 4 heterocycles. The molecule has 0 unspecified atom stereocenters. The number of fused-ring (bicyclic) bond motifs is 1. The Kier molecular flexibility index (Phi) is 4.65. The lowest BCUT2D eigenvalue weighted by molar-refractivity contribution is 0.905. The number of benzene rings is 1. The number of rotatable bonds is 5. The van der Waals surface area contributed by atoms with Crippen LogP contribution in [0.15, 0.2) is 85.5 Å². The molecule has 0 aliphatic carbocycles. The number of anilines is 1. The number of nitrogens with one attached hydrogen (secondary N) is 1. The van der Waals surface area contributed by atoms with Crippen molar-refractivity contribution in [3.63, 3.8) is 0 Å². The van der Waals surface area contributed by atoms with Crippen LogP contribution in [0.2, 0.25) is 0 Å². The Morgan fingerprint density at radius 3 is 2.60 bits per heavy atom. The number of hydrogen-bond donors (Lipinski definition) is 1. The van der Waals surface area contributed by atoms with Gasteiger partial charge in [0.25, 0.3) is 0 Å². The highest BCUT2D eigenvalue weighted by atomic mass is 15.3. The number of aryl methyl sites for hydroxylation is 1. The second-order valence-corrected chi connectivity index (χ2v) is 7.10. The molecule has 0 aliphatic rings. The molecule has 0 fully saturated rings. The first-order valence-corrected chi connectivity index (χ1v) is 9.78. The van der Waals surface area contributed by atoms with Crippen LogP contribution in [0.5, 0.6) is 0 Å². The summed E-state index contributed by atoms with van der Waals surface area (Å²) in [6.07, 6.45) is 7.38. The molecule has 1 N–H and O–H groups in total. The van der Waals surface area contributed by atoms with Crippen molar-refractivity contribution >= 4 is 11.3 Å². The summed E-state index contributed by atoms with van der Waals surface area (Å²) in [6.45, 7) is 2.58. The fourth-order valence-corrected chi connectivity index (χ4v) is 3.48. The first-order valence-electron chi connectivity index (χ1n) is 9.78. The molecule has 0 saturated heterocycles. The Bertz CT molecular complexity index is 1300. The van der Waals surface area contributed by atoms with Gasteiger partial charge in [0.15, 0.2) is 11.6 Å². The van der Waals surface area contributed by atoms with E-state index in [0.717, 1.165) is 39.3 Å². The number of aromatic nitrogens is 5. The first kappa shape index (κ1) is 18.0. The molecule has 0 spiro atoms. The SMILES string of the molecule is Cc1cncc(-c2nc(NCc3ccccn3)c3c(-c4ccccc4)ccn3n2)c1. The summed E-state index contributed by atoms with van der Waals surface area (Å²) >= 11 is 0. The molecule has 0 atom stereocenters. The van der Waals surface area contributed by atoms with Gasteiger partial charge in [0.1, 0.15) is 5.52 Å². The lowest BCUT2D eigenvalue weighted by atomic mass is 10.1. The third-order valence-corrected chi connectivity index (χ3v) is 4.89. The minimum atomic E-state index is 0.568. The van der Waals surface area contributed by atoms with E-state index in [0.29, 0.717) is 12.4 Å². The summed E-state index contributed by atoms with van der Waals surface area (Å²) in [4.78, 5) is 13.6. The van der Waals surface area contributed by atoms with E-state index in [-0.39, 0.29) is 0 Å². The first-order chi connectivity index (χ1) is 14.8. The van der Waals surface area contributed by atoms with Gasteiger partial charge >= 0.3 is 0 Å². The average molecular weight is 392 g/mol. The monoisotopic (exact) mass is 392 g/mol. The standard InChI is InChI=1S/C24H20N6/c1-17-13-19(15-25-14-17)23-28-24(27-16-20-9-5-6-11-26-20)22-21(10-12-30(22)29-23)18-7-3-2-4-8-18/h2-15H,16H2,1H3,(H,27,28,29). The van der Waals surface area contributed by atoms with Gasteiger partial charge < -0.3 is 5.32 Å². The van der Waals surface area contributed by atoms with Gasteiger partial charge in [-0.25, -0.2) is 9.50 Å². The highest BCUT2D eigenvalue weighted by Gasteiger charge is 2.15. The van der Waals surface area contributed by atoms with Crippen molar-refractivity contribution in [1.29, 1.82) is 0 Å². The zero-order valence-electron chi connectivity index (χ0n) is 16.5. The van der Waals surface area contributed by atoms with Crippen LogP contribution in [0.3, 0.4) is 0 Å². The van der Waals surface area contributed by atoms with Gasteiger partial charge in [-0.15, -0.1) is 5.10 Å². The fraction of sp³-hybridized carbons (Fsp3) is 0.0833. The summed E-state index contributed by atoms with van der Waals surface area (Å²) < 4.78 is 1.88. The maximum atomic E-state index is 4.87. The van der Waals surface area contributed by atoms with E-state index in [1.165, 1.54) is 0 Å². The molecular formula is C24H20N6. The Labute approximate surface area is 174 Å². The maximum absolute atomic E-state index is 4.87. The van der Waals surface area contributed by atoms with Crippen molar-refractivity contribution in [2.45, 2.75) is 13.5 Å². The van der Waals surface area contributed by atoms with Crippen molar-refractivity contribution in [3.8, 4) is 22.5 Å². The van der Waals surface area contributed by atoms with Crippen LogP contribution in [0.1, 0.15) is 11.3 Å². The zero-order valence-corrected chi connectivity index (χ0v) is 16.5. The van der Waals surface area contributed by atoms with Crippen molar-refractivity contribution in [3.05, 3.63) is 96.7 Å².